The first kappa shape index (κ1) is 14.0. The van der Waals surface area contributed by atoms with Gasteiger partial charge in [-0.3, -0.25) is 4.90 Å². The number of rotatable bonds is 4. The first-order chi connectivity index (χ1) is 7.46. The van der Waals surface area contributed by atoms with Crippen LogP contribution in [-0.4, -0.2) is 37.2 Å². The van der Waals surface area contributed by atoms with E-state index in [1.165, 1.54) is 19.4 Å². The fourth-order valence-electron chi connectivity index (χ4n) is 3.01. The second-order valence-electron chi connectivity index (χ2n) is 6.09. The topological polar surface area (TPSA) is 12.5 Å². The molecule has 2 nitrogen and oxygen atoms in total. The van der Waals surface area contributed by atoms with Crippen molar-refractivity contribution in [2.45, 2.75) is 53.5 Å². The lowest BCUT2D eigenvalue weighted by molar-refractivity contribution is 0.0200. The van der Waals surface area contributed by atoms with E-state index >= 15 is 0 Å². The SMILES string of the molecule is CCOCCN1CCC[C@@H](C(C)(C)C)[C@H]1C. The van der Waals surface area contributed by atoms with E-state index in [1.54, 1.807) is 0 Å². The van der Waals surface area contributed by atoms with Crippen LogP contribution in [0.15, 0.2) is 0 Å². The Kier molecular flexibility index (Phi) is 5.26. The lowest BCUT2D eigenvalue weighted by Gasteiger charge is -2.45. The molecule has 2 heteroatoms. The number of hydrogen-bond acceptors (Lipinski definition) is 2. The van der Waals surface area contributed by atoms with Crippen molar-refractivity contribution in [3.63, 3.8) is 0 Å². The summed E-state index contributed by atoms with van der Waals surface area (Å²) in [4.78, 5) is 2.61. The lowest BCUT2D eigenvalue weighted by Crippen LogP contribution is -2.48. The Morgan fingerprint density at radius 1 is 1.31 bits per heavy atom. The standard InChI is InChI=1S/C14H29NO/c1-6-16-11-10-15-9-7-8-13(12(15)2)14(3,4)5/h12-13H,6-11H2,1-5H3/t12-,13-/m1/s1. The fourth-order valence-corrected chi connectivity index (χ4v) is 3.01. The minimum atomic E-state index is 0.434. The van der Waals surface area contributed by atoms with Crippen LogP contribution in [-0.2, 0) is 4.74 Å². The molecule has 0 amide bonds. The second-order valence-corrected chi connectivity index (χ2v) is 6.09. The zero-order valence-electron chi connectivity index (χ0n) is 11.8. The molecule has 16 heavy (non-hydrogen) atoms. The van der Waals surface area contributed by atoms with Crippen LogP contribution in [0.2, 0.25) is 0 Å². The van der Waals surface area contributed by atoms with Gasteiger partial charge in [-0.05, 0) is 44.6 Å². The number of hydrogen-bond donors (Lipinski definition) is 0. The molecule has 2 atom stereocenters. The Morgan fingerprint density at radius 2 is 2.00 bits per heavy atom. The van der Waals surface area contributed by atoms with Crippen molar-refractivity contribution in [2.75, 3.05) is 26.3 Å². The second kappa shape index (κ2) is 6.02. The number of piperidine rings is 1. The van der Waals surface area contributed by atoms with E-state index in [1.807, 2.05) is 0 Å². The van der Waals surface area contributed by atoms with Gasteiger partial charge in [0.05, 0.1) is 6.61 Å². The molecule has 1 rings (SSSR count). The lowest BCUT2D eigenvalue weighted by atomic mass is 9.72. The minimum Gasteiger partial charge on any atom is -0.380 e. The molecule has 96 valence electrons. The number of likely N-dealkylation sites (tertiary alicyclic amines) is 1. The summed E-state index contributed by atoms with van der Waals surface area (Å²) in [6.07, 6.45) is 2.73. The van der Waals surface area contributed by atoms with Crippen LogP contribution in [0.25, 0.3) is 0 Å². The molecular formula is C14H29NO. The number of ether oxygens (including phenoxy) is 1. The molecule has 0 bridgehead atoms. The van der Waals surface area contributed by atoms with Gasteiger partial charge in [-0.1, -0.05) is 20.8 Å². The molecule has 0 unspecified atom stereocenters. The summed E-state index contributed by atoms with van der Waals surface area (Å²) in [6.45, 7) is 15.7. The van der Waals surface area contributed by atoms with Crippen molar-refractivity contribution in [3.8, 4) is 0 Å². The Balaban J connectivity index is 2.47. The summed E-state index contributed by atoms with van der Waals surface area (Å²) in [5.74, 6) is 0.822. The molecule has 0 aliphatic carbocycles. The highest BCUT2D eigenvalue weighted by Gasteiger charge is 2.35. The quantitative estimate of drug-likeness (QED) is 0.684. The van der Waals surface area contributed by atoms with Crippen LogP contribution >= 0.6 is 0 Å². The van der Waals surface area contributed by atoms with Crippen molar-refractivity contribution < 1.29 is 4.74 Å². The molecule has 0 aromatic carbocycles. The smallest absolute Gasteiger partial charge is 0.0593 e. The van der Waals surface area contributed by atoms with E-state index in [0.29, 0.717) is 11.5 Å². The Morgan fingerprint density at radius 3 is 2.56 bits per heavy atom. The molecule has 1 saturated heterocycles. The first-order valence-corrected chi connectivity index (χ1v) is 6.78. The molecule has 1 aliphatic heterocycles. The number of nitrogens with zero attached hydrogens (tertiary/aromatic N) is 1. The fraction of sp³-hybridized carbons (Fsp3) is 1.00. The highest BCUT2D eigenvalue weighted by molar-refractivity contribution is 4.87. The molecule has 0 spiro atoms. The van der Waals surface area contributed by atoms with Crippen molar-refractivity contribution in [1.29, 1.82) is 0 Å². The summed E-state index contributed by atoms with van der Waals surface area (Å²) >= 11 is 0. The molecule has 1 aliphatic rings. The molecule has 0 N–H and O–H groups in total. The van der Waals surface area contributed by atoms with E-state index in [4.69, 9.17) is 4.74 Å². The van der Waals surface area contributed by atoms with Crippen molar-refractivity contribution in [3.05, 3.63) is 0 Å². The Labute approximate surface area is 101 Å². The van der Waals surface area contributed by atoms with Crippen LogP contribution in [0, 0.1) is 11.3 Å². The summed E-state index contributed by atoms with van der Waals surface area (Å²) in [6, 6.07) is 0.703. The maximum Gasteiger partial charge on any atom is 0.0593 e. The largest absolute Gasteiger partial charge is 0.380 e. The zero-order chi connectivity index (χ0) is 12.2. The molecule has 0 aromatic heterocycles. The van der Waals surface area contributed by atoms with Crippen molar-refractivity contribution in [1.82, 2.24) is 4.90 Å². The van der Waals surface area contributed by atoms with Gasteiger partial charge in [0, 0.05) is 19.2 Å². The Hall–Kier alpha value is -0.0800. The van der Waals surface area contributed by atoms with Gasteiger partial charge in [0.1, 0.15) is 0 Å². The molecule has 1 heterocycles. The van der Waals surface area contributed by atoms with E-state index in [0.717, 1.165) is 25.7 Å². The first-order valence-electron chi connectivity index (χ1n) is 6.78. The predicted octanol–water partition coefficient (Wildman–Crippen LogP) is 3.17. The average molecular weight is 227 g/mol. The highest BCUT2D eigenvalue weighted by Crippen LogP contribution is 2.37. The highest BCUT2D eigenvalue weighted by atomic mass is 16.5. The van der Waals surface area contributed by atoms with Gasteiger partial charge in [0.25, 0.3) is 0 Å². The molecule has 0 aromatic rings. The maximum absolute atomic E-state index is 5.46. The third kappa shape index (κ3) is 3.74. The Bertz CT molecular complexity index is 197. The third-order valence-electron chi connectivity index (χ3n) is 3.96. The normalized spacial score (nSPS) is 28.3. The third-order valence-corrected chi connectivity index (χ3v) is 3.96. The molecular weight excluding hydrogens is 198 g/mol. The predicted molar refractivity (Wildman–Crippen MR) is 69.7 cm³/mol. The molecule has 1 fully saturated rings. The molecule has 0 radical (unpaired) electrons. The van der Waals surface area contributed by atoms with Gasteiger partial charge in [0.2, 0.25) is 0 Å². The average Bonchev–Trinajstić information content (AvgIpc) is 2.19. The van der Waals surface area contributed by atoms with Gasteiger partial charge in [0.15, 0.2) is 0 Å². The van der Waals surface area contributed by atoms with Gasteiger partial charge >= 0.3 is 0 Å². The van der Waals surface area contributed by atoms with E-state index < -0.39 is 0 Å². The van der Waals surface area contributed by atoms with E-state index in [2.05, 4.69) is 39.5 Å². The maximum atomic E-state index is 5.46. The van der Waals surface area contributed by atoms with Crippen LogP contribution in [0.3, 0.4) is 0 Å². The van der Waals surface area contributed by atoms with Crippen LogP contribution in [0.4, 0.5) is 0 Å². The van der Waals surface area contributed by atoms with E-state index in [-0.39, 0.29) is 0 Å². The van der Waals surface area contributed by atoms with Crippen molar-refractivity contribution >= 4 is 0 Å². The summed E-state index contributed by atoms with van der Waals surface area (Å²) in [5, 5.41) is 0. The monoisotopic (exact) mass is 227 g/mol. The summed E-state index contributed by atoms with van der Waals surface area (Å²) < 4.78 is 5.46. The van der Waals surface area contributed by atoms with E-state index in [9.17, 15) is 0 Å². The van der Waals surface area contributed by atoms with Gasteiger partial charge in [-0.15, -0.1) is 0 Å². The van der Waals surface area contributed by atoms with Gasteiger partial charge in [-0.25, -0.2) is 0 Å². The summed E-state index contributed by atoms with van der Waals surface area (Å²) in [7, 11) is 0. The van der Waals surface area contributed by atoms with Crippen LogP contribution in [0.5, 0.6) is 0 Å². The van der Waals surface area contributed by atoms with Crippen LogP contribution < -0.4 is 0 Å². The van der Waals surface area contributed by atoms with Crippen molar-refractivity contribution in [2.24, 2.45) is 11.3 Å². The summed E-state index contributed by atoms with van der Waals surface area (Å²) in [5.41, 5.74) is 0.434. The van der Waals surface area contributed by atoms with Gasteiger partial charge < -0.3 is 4.74 Å². The van der Waals surface area contributed by atoms with Crippen LogP contribution in [0.1, 0.15) is 47.5 Å². The molecule has 0 saturated carbocycles. The zero-order valence-corrected chi connectivity index (χ0v) is 11.8. The van der Waals surface area contributed by atoms with Gasteiger partial charge in [-0.2, -0.15) is 0 Å². The minimum absolute atomic E-state index is 0.434.